The molecule has 6 heteroatoms. The van der Waals surface area contributed by atoms with Crippen LogP contribution >= 0.6 is 0 Å². The Morgan fingerprint density at radius 2 is 1.89 bits per heavy atom. The Balaban J connectivity index is 2.78. The van der Waals surface area contributed by atoms with Crippen LogP contribution in [0.1, 0.15) is 33.6 Å². The molecule has 6 nitrogen and oxygen atoms in total. The number of aliphatic carboxylic acids is 1. The van der Waals surface area contributed by atoms with Crippen LogP contribution in [0.4, 0.5) is 0 Å². The van der Waals surface area contributed by atoms with Crippen molar-refractivity contribution in [3.63, 3.8) is 0 Å². The van der Waals surface area contributed by atoms with E-state index in [1.165, 1.54) is 18.7 Å². The Morgan fingerprint density at radius 3 is 2.39 bits per heavy atom. The van der Waals surface area contributed by atoms with E-state index in [1.54, 1.807) is 0 Å². The van der Waals surface area contributed by atoms with E-state index in [4.69, 9.17) is 5.11 Å². The molecule has 0 aromatic carbocycles. The fraction of sp³-hybridized carbons (Fsp3) is 0.750. The summed E-state index contributed by atoms with van der Waals surface area (Å²) in [6.45, 7) is 6.11. The summed E-state index contributed by atoms with van der Waals surface area (Å²) in [7, 11) is 0. The minimum Gasteiger partial charge on any atom is -0.480 e. The smallest absolute Gasteiger partial charge is 0.329 e. The van der Waals surface area contributed by atoms with Gasteiger partial charge in [-0.1, -0.05) is 13.3 Å². The summed E-state index contributed by atoms with van der Waals surface area (Å²) in [6, 6.07) is 0. The van der Waals surface area contributed by atoms with Gasteiger partial charge in [0.25, 0.3) is 0 Å². The van der Waals surface area contributed by atoms with Gasteiger partial charge in [0.1, 0.15) is 5.54 Å². The van der Waals surface area contributed by atoms with E-state index in [9.17, 15) is 14.4 Å². The second-order valence-electron chi connectivity index (χ2n) is 4.97. The molecule has 0 spiro atoms. The van der Waals surface area contributed by atoms with Crippen molar-refractivity contribution < 1.29 is 19.5 Å². The molecule has 18 heavy (non-hydrogen) atoms. The van der Waals surface area contributed by atoms with Crippen molar-refractivity contribution in [1.29, 1.82) is 0 Å². The maximum Gasteiger partial charge on any atom is 0.329 e. The van der Waals surface area contributed by atoms with E-state index >= 15 is 0 Å². The van der Waals surface area contributed by atoms with Crippen LogP contribution in [0, 0.1) is 0 Å². The minimum atomic E-state index is -1.34. The summed E-state index contributed by atoms with van der Waals surface area (Å²) in [5.74, 6) is -2.42. The predicted molar refractivity (Wildman–Crippen MR) is 64.9 cm³/mol. The van der Waals surface area contributed by atoms with Crippen molar-refractivity contribution in [2.75, 3.05) is 19.6 Å². The van der Waals surface area contributed by atoms with Gasteiger partial charge >= 0.3 is 17.8 Å². The molecule has 1 aliphatic heterocycles. The zero-order valence-electron chi connectivity index (χ0n) is 11.1. The highest BCUT2D eigenvalue weighted by Crippen LogP contribution is 2.19. The summed E-state index contributed by atoms with van der Waals surface area (Å²) in [6.07, 6.45) is 1.80. The van der Waals surface area contributed by atoms with Crippen LogP contribution in [0.2, 0.25) is 0 Å². The molecule has 0 radical (unpaired) electrons. The predicted octanol–water partition coefficient (Wildman–Crippen LogP) is 0.320. The van der Waals surface area contributed by atoms with Crippen LogP contribution < -0.4 is 0 Å². The average Bonchev–Trinajstić information content (AvgIpc) is 2.30. The molecule has 0 unspecified atom stereocenters. The topological polar surface area (TPSA) is 77.9 Å². The SMILES string of the molecule is CCCCN1CCN(C(C)(C)C(=O)O)C(=O)C1=O. The molecule has 2 amide bonds. The molecule has 0 saturated carbocycles. The Kier molecular flexibility index (Phi) is 4.32. The highest BCUT2D eigenvalue weighted by molar-refractivity contribution is 6.36. The normalized spacial score (nSPS) is 17.3. The number of hydrogen-bond donors (Lipinski definition) is 1. The zero-order chi connectivity index (χ0) is 13.9. The van der Waals surface area contributed by atoms with Gasteiger partial charge < -0.3 is 14.9 Å². The van der Waals surface area contributed by atoms with Gasteiger partial charge in [-0.2, -0.15) is 0 Å². The standard InChI is InChI=1S/C12H20N2O4/c1-4-5-6-13-7-8-14(10(16)9(13)15)12(2,3)11(17)18/h4-8H2,1-3H3,(H,17,18). The molecule has 1 fully saturated rings. The van der Waals surface area contributed by atoms with Gasteiger partial charge in [0.2, 0.25) is 0 Å². The third-order valence-corrected chi connectivity index (χ3v) is 3.29. The van der Waals surface area contributed by atoms with E-state index in [2.05, 4.69) is 0 Å². The van der Waals surface area contributed by atoms with Crippen LogP contribution in [0.5, 0.6) is 0 Å². The lowest BCUT2D eigenvalue weighted by atomic mass is 10.0. The number of carboxylic acids is 1. The quantitative estimate of drug-likeness (QED) is 0.719. The Morgan fingerprint density at radius 1 is 1.28 bits per heavy atom. The van der Waals surface area contributed by atoms with Gasteiger partial charge in [-0.25, -0.2) is 4.79 Å². The Bertz CT molecular complexity index is 365. The molecule has 0 bridgehead atoms. The summed E-state index contributed by atoms with van der Waals surface area (Å²) >= 11 is 0. The van der Waals surface area contributed by atoms with E-state index in [-0.39, 0.29) is 6.54 Å². The third-order valence-electron chi connectivity index (χ3n) is 3.29. The minimum absolute atomic E-state index is 0.271. The van der Waals surface area contributed by atoms with Gasteiger partial charge in [0.15, 0.2) is 0 Å². The number of carboxylic acid groups (broad SMARTS) is 1. The lowest BCUT2D eigenvalue weighted by Crippen LogP contribution is -2.63. The Labute approximate surface area is 107 Å². The molecule has 0 aromatic heterocycles. The fourth-order valence-corrected chi connectivity index (χ4v) is 1.89. The number of amides is 2. The zero-order valence-corrected chi connectivity index (χ0v) is 11.1. The first-order valence-corrected chi connectivity index (χ1v) is 6.16. The average molecular weight is 256 g/mol. The van der Waals surface area contributed by atoms with Crippen molar-refractivity contribution in [1.82, 2.24) is 9.80 Å². The Hall–Kier alpha value is -1.59. The number of hydrogen-bond acceptors (Lipinski definition) is 3. The van der Waals surface area contributed by atoms with Gasteiger partial charge in [-0.05, 0) is 20.3 Å². The van der Waals surface area contributed by atoms with Crippen molar-refractivity contribution in [3.05, 3.63) is 0 Å². The van der Waals surface area contributed by atoms with E-state index in [0.29, 0.717) is 13.1 Å². The van der Waals surface area contributed by atoms with Crippen molar-refractivity contribution in [2.24, 2.45) is 0 Å². The number of unbranched alkanes of at least 4 members (excludes halogenated alkanes) is 1. The maximum atomic E-state index is 11.9. The summed E-state index contributed by atoms with van der Waals surface area (Å²) in [5.41, 5.74) is -1.34. The van der Waals surface area contributed by atoms with E-state index < -0.39 is 23.3 Å². The molecule has 0 aliphatic carbocycles. The highest BCUT2D eigenvalue weighted by atomic mass is 16.4. The summed E-state index contributed by atoms with van der Waals surface area (Å²) in [5, 5.41) is 9.09. The van der Waals surface area contributed by atoms with Crippen LogP contribution in [0.15, 0.2) is 0 Å². The van der Waals surface area contributed by atoms with Gasteiger partial charge in [0, 0.05) is 19.6 Å². The third kappa shape index (κ3) is 2.63. The molecule has 1 heterocycles. The van der Waals surface area contributed by atoms with Gasteiger partial charge in [0.05, 0.1) is 0 Å². The monoisotopic (exact) mass is 256 g/mol. The maximum absolute atomic E-state index is 11.9. The van der Waals surface area contributed by atoms with E-state index in [0.717, 1.165) is 17.7 Å². The van der Waals surface area contributed by atoms with Gasteiger partial charge in [-0.3, -0.25) is 9.59 Å². The molecule has 102 valence electrons. The summed E-state index contributed by atoms with van der Waals surface area (Å²) in [4.78, 5) is 37.5. The first-order valence-electron chi connectivity index (χ1n) is 6.16. The summed E-state index contributed by atoms with van der Waals surface area (Å²) < 4.78 is 0. The fourth-order valence-electron chi connectivity index (χ4n) is 1.89. The van der Waals surface area contributed by atoms with Crippen LogP contribution in [-0.2, 0) is 14.4 Å². The number of nitrogens with zero attached hydrogens (tertiary/aromatic N) is 2. The molecular weight excluding hydrogens is 236 g/mol. The number of rotatable bonds is 5. The second kappa shape index (κ2) is 5.37. The highest BCUT2D eigenvalue weighted by Gasteiger charge is 2.44. The first-order chi connectivity index (χ1) is 8.32. The lowest BCUT2D eigenvalue weighted by molar-refractivity contribution is -0.167. The van der Waals surface area contributed by atoms with Crippen LogP contribution in [-0.4, -0.2) is 57.9 Å². The van der Waals surface area contributed by atoms with E-state index in [1.807, 2.05) is 6.92 Å². The second-order valence-corrected chi connectivity index (χ2v) is 4.97. The number of piperazine rings is 1. The molecule has 1 rings (SSSR count). The molecule has 0 aromatic rings. The molecule has 1 aliphatic rings. The molecule has 0 atom stereocenters. The van der Waals surface area contributed by atoms with Crippen LogP contribution in [0.25, 0.3) is 0 Å². The number of carbonyl (C=O) groups excluding carboxylic acids is 2. The molecule has 1 saturated heterocycles. The first kappa shape index (κ1) is 14.5. The van der Waals surface area contributed by atoms with Gasteiger partial charge in [-0.15, -0.1) is 0 Å². The largest absolute Gasteiger partial charge is 0.480 e. The molecular formula is C12H20N2O4. The van der Waals surface area contributed by atoms with Crippen molar-refractivity contribution in [3.8, 4) is 0 Å². The van der Waals surface area contributed by atoms with Crippen LogP contribution in [0.3, 0.4) is 0 Å². The van der Waals surface area contributed by atoms with Crippen molar-refractivity contribution >= 4 is 17.8 Å². The van der Waals surface area contributed by atoms with Crippen molar-refractivity contribution in [2.45, 2.75) is 39.2 Å². The number of carbonyl (C=O) groups is 3. The molecule has 1 N–H and O–H groups in total. The lowest BCUT2D eigenvalue weighted by Gasteiger charge is -2.40.